The molecule has 0 aliphatic heterocycles. The Hall–Kier alpha value is -0.665. The Morgan fingerprint density at radius 2 is 1.75 bits per heavy atom. The van der Waals surface area contributed by atoms with Crippen LogP contribution in [0.25, 0.3) is 5.32 Å². The van der Waals surface area contributed by atoms with E-state index >= 15 is 0 Å². The second-order valence-corrected chi connectivity index (χ2v) is 5.09. The molecule has 1 amide bonds. The van der Waals surface area contributed by atoms with Gasteiger partial charge in [-0.2, -0.15) is 0 Å². The molecule has 0 bridgehead atoms. The molecular weight excluding hydrogens is 382 g/mol. The summed E-state index contributed by atoms with van der Waals surface area (Å²) in [5.74, 6) is -0.604. The monoisotopic (exact) mass is 402 g/mol. The third-order valence-corrected chi connectivity index (χ3v) is 2.87. The summed E-state index contributed by atoms with van der Waals surface area (Å²) < 4.78 is 4.90. The molecule has 0 spiro atoms. The maximum absolute atomic E-state index is 11.8. The smallest absolute Gasteiger partial charge is 0.625 e. The van der Waals surface area contributed by atoms with Crippen LogP contribution in [-0.2, 0) is 25.5 Å². The predicted molar refractivity (Wildman–Crippen MR) is 87.5 cm³/mol. The Balaban J connectivity index is 0.00000529. The van der Waals surface area contributed by atoms with Crippen LogP contribution in [0.3, 0.4) is 0 Å². The van der Waals surface area contributed by atoms with Crippen LogP contribution in [0, 0.1) is 0 Å². The van der Waals surface area contributed by atoms with E-state index in [0.717, 1.165) is 11.3 Å². The summed E-state index contributed by atoms with van der Waals surface area (Å²) in [6.45, 7) is 2.88. The van der Waals surface area contributed by atoms with Crippen molar-refractivity contribution < 1.29 is 77.3 Å². The maximum Gasteiger partial charge on any atom is 1.00 e. The summed E-state index contributed by atoms with van der Waals surface area (Å²) in [7, 11) is 1.76. The number of amides is 1. The first-order valence-corrected chi connectivity index (χ1v) is 7.20. The Labute approximate surface area is 191 Å². The summed E-state index contributed by atoms with van der Waals surface area (Å²) in [4.78, 5) is 34.0. The molecule has 0 radical (unpaired) electrons. The van der Waals surface area contributed by atoms with Crippen LogP contribution in [-0.4, -0.2) is 37.7 Å². The van der Waals surface area contributed by atoms with Crippen molar-refractivity contribution in [3.63, 3.8) is 0 Å². The number of hydrogen-bond donors (Lipinski definition) is 1. The molecule has 7 heteroatoms. The molecule has 0 aliphatic carbocycles. The quantitative estimate of drug-likeness (QED) is 0.539. The van der Waals surface area contributed by atoms with Gasteiger partial charge in [0.05, 0.1) is 12.5 Å². The van der Waals surface area contributed by atoms with Crippen molar-refractivity contribution in [2.45, 2.75) is 20.3 Å². The summed E-state index contributed by atoms with van der Waals surface area (Å²) in [5, 5.41) is 6.75. The predicted octanol–water partition coefficient (Wildman–Crippen LogP) is -0.937. The van der Waals surface area contributed by atoms with Gasteiger partial charge >= 0.3 is 58.2 Å². The standard InChI is InChI=1S/C17H22N2O4.Rb/c1-12(18-3)8-16(21)9-14-4-6-15(7-5-14)19-17(22)11-23-10-13(2)20;/h4-8H,9-11H2,1-3H3,(H2,18,19,21,22);/q;+1/p-1. The van der Waals surface area contributed by atoms with E-state index in [0.29, 0.717) is 5.69 Å². The van der Waals surface area contributed by atoms with Crippen LogP contribution in [0.4, 0.5) is 5.69 Å². The molecule has 24 heavy (non-hydrogen) atoms. The van der Waals surface area contributed by atoms with Crippen molar-refractivity contribution in [2.75, 3.05) is 20.3 Å². The number of rotatable bonds is 9. The maximum atomic E-state index is 11.8. The SMILES string of the molecule is CN/C(C)=C\C(=O)Cc1ccc([N-]C(=O)COCC(C)=O)cc1.[Rb+]. The van der Waals surface area contributed by atoms with Crippen molar-refractivity contribution in [3.8, 4) is 0 Å². The Kier molecular flexibility index (Phi) is 12.3. The van der Waals surface area contributed by atoms with Crippen molar-refractivity contribution in [2.24, 2.45) is 0 Å². The van der Waals surface area contributed by atoms with Gasteiger partial charge in [0.15, 0.2) is 11.6 Å². The minimum atomic E-state index is -0.456. The van der Waals surface area contributed by atoms with E-state index in [1.54, 1.807) is 37.4 Å². The average molecular weight is 403 g/mol. The van der Waals surface area contributed by atoms with Gasteiger partial charge < -0.3 is 20.2 Å². The minimum Gasteiger partial charge on any atom is -0.625 e. The number of carbonyl (C=O) groups is 3. The molecule has 0 atom stereocenters. The Morgan fingerprint density at radius 1 is 1.12 bits per heavy atom. The number of carbonyl (C=O) groups excluding carboxylic acids is 3. The van der Waals surface area contributed by atoms with E-state index in [-0.39, 0.29) is 89.4 Å². The molecule has 0 fully saturated rings. The van der Waals surface area contributed by atoms with E-state index < -0.39 is 5.91 Å². The van der Waals surface area contributed by atoms with Gasteiger partial charge in [-0.25, -0.2) is 0 Å². The molecule has 0 saturated heterocycles. The van der Waals surface area contributed by atoms with Crippen LogP contribution < -0.4 is 63.5 Å². The van der Waals surface area contributed by atoms with Gasteiger partial charge in [0.25, 0.3) is 0 Å². The third kappa shape index (κ3) is 10.3. The summed E-state index contributed by atoms with van der Waals surface area (Å²) >= 11 is 0. The number of nitrogens with zero attached hydrogens (tertiary/aromatic N) is 1. The van der Waals surface area contributed by atoms with Crippen LogP contribution in [0.2, 0.25) is 0 Å². The summed E-state index contributed by atoms with van der Waals surface area (Å²) in [5.41, 5.74) is 2.13. The zero-order valence-electron chi connectivity index (χ0n) is 14.6. The largest absolute Gasteiger partial charge is 1.00 e. The molecule has 0 heterocycles. The van der Waals surface area contributed by atoms with Gasteiger partial charge in [-0.05, 0) is 19.4 Å². The fraction of sp³-hybridized carbons (Fsp3) is 0.353. The molecule has 6 nitrogen and oxygen atoms in total. The Bertz CT molecular complexity index is 597. The molecule has 1 aromatic carbocycles. The molecule has 0 unspecified atom stereocenters. The first-order chi connectivity index (χ1) is 10.9. The van der Waals surface area contributed by atoms with Crippen LogP contribution in [0.1, 0.15) is 19.4 Å². The van der Waals surface area contributed by atoms with Gasteiger partial charge in [0, 0.05) is 25.2 Å². The molecule has 0 saturated carbocycles. The molecule has 1 N–H and O–H groups in total. The van der Waals surface area contributed by atoms with E-state index in [9.17, 15) is 14.4 Å². The molecule has 0 aromatic heterocycles. The number of ketones is 2. The first-order valence-electron chi connectivity index (χ1n) is 7.20. The van der Waals surface area contributed by atoms with Gasteiger partial charge in [0.1, 0.15) is 6.61 Å². The zero-order chi connectivity index (χ0) is 17.2. The van der Waals surface area contributed by atoms with E-state index in [1.165, 1.54) is 6.92 Å². The molecule has 1 aromatic rings. The zero-order valence-corrected chi connectivity index (χ0v) is 19.5. The second-order valence-electron chi connectivity index (χ2n) is 5.09. The van der Waals surface area contributed by atoms with E-state index in [2.05, 4.69) is 10.6 Å². The van der Waals surface area contributed by atoms with Crippen LogP contribution in [0.15, 0.2) is 36.0 Å². The fourth-order valence-corrected chi connectivity index (χ4v) is 1.71. The van der Waals surface area contributed by atoms with E-state index in [4.69, 9.17) is 4.74 Å². The van der Waals surface area contributed by atoms with Gasteiger partial charge in [-0.15, -0.1) is 5.69 Å². The number of nitrogens with one attached hydrogen (secondary N) is 1. The minimum absolute atomic E-state index is 0. The second kappa shape index (κ2) is 12.7. The number of benzene rings is 1. The summed E-state index contributed by atoms with van der Waals surface area (Å²) in [6.07, 6.45) is 1.84. The molecule has 0 aliphatic rings. The average Bonchev–Trinajstić information content (AvgIpc) is 2.48. The normalized spacial score (nSPS) is 10.5. The third-order valence-electron chi connectivity index (χ3n) is 2.87. The fourth-order valence-electron chi connectivity index (χ4n) is 1.71. The summed E-state index contributed by atoms with van der Waals surface area (Å²) in [6, 6.07) is 6.84. The molecular formula is C17H21N2O4Rb. The number of ether oxygens (including phenoxy) is 1. The number of allylic oxidation sites excluding steroid dienone is 2. The molecule has 124 valence electrons. The first kappa shape index (κ1) is 23.3. The van der Waals surface area contributed by atoms with E-state index in [1.807, 2.05) is 6.92 Å². The van der Waals surface area contributed by atoms with Crippen molar-refractivity contribution >= 4 is 23.2 Å². The van der Waals surface area contributed by atoms with Crippen LogP contribution in [0.5, 0.6) is 0 Å². The number of hydrogen-bond acceptors (Lipinski definition) is 5. The van der Waals surface area contributed by atoms with Gasteiger partial charge in [-0.3, -0.25) is 9.59 Å². The van der Waals surface area contributed by atoms with Gasteiger partial charge in [0.2, 0.25) is 0 Å². The van der Waals surface area contributed by atoms with Crippen LogP contribution >= 0.6 is 0 Å². The van der Waals surface area contributed by atoms with Gasteiger partial charge in [-0.1, -0.05) is 24.3 Å². The molecule has 1 rings (SSSR count). The van der Waals surface area contributed by atoms with Crippen molar-refractivity contribution in [1.82, 2.24) is 5.32 Å². The topological polar surface area (TPSA) is 86.6 Å². The Morgan fingerprint density at radius 3 is 2.29 bits per heavy atom. The number of Topliss-reactive ketones (excluding diaryl/α,β-unsaturated/α-hetero) is 1. The van der Waals surface area contributed by atoms with Crippen molar-refractivity contribution in [3.05, 3.63) is 46.9 Å². The van der Waals surface area contributed by atoms with Crippen molar-refractivity contribution in [1.29, 1.82) is 0 Å².